The molecule has 0 saturated carbocycles. The Hall–Kier alpha value is -1.82. The summed E-state index contributed by atoms with van der Waals surface area (Å²) in [4.78, 5) is 18.1. The van der Waals surface area contributed by atoms with Crippen LogP contribution < -0.4 is 0 Å². The molecule has 6 heteroatoms. The SMILES string of the molecule is O=C(O)c1nc(-c2cncc(F)c2)cs1. The monoisotopic (exact) mass is 224 g/mol. The number of hydrogen-bond acceptors (Lipinski definition) is 4. The fourth-order valence-electron chi connectivity index (χ4n) is 1.06. The van der Waals surface area contributed by atoms with Gasteiger partial charge < -0.3 is 5.11 Å². The van der Waals surface area contributed by atoms with Gasteiger partial charge in [0.1, 0.15) is 5.82 Å². The average Bonchev–Trinajstić information content (AvgIpc) is 2.66. The third-order valence-electron chi connectivity index (χ3n) is 1.69. The summed E-state index contributed by atoms with van der Waals surface area (Å²) in [5.41, 5.74) is 0.892. The molecule has 2 aromatic heterocycles. The number of rotatable bonds is 2. The van der Waals surface area contributed by atoms with Crippen molar-refractivity contribution in [1.29, 1.82) is 0 Å². The first kappa shape index (κ1) is 9.72. The third kappa shape index (κ3) is 1.99. The Morgan fingerprint density at radius 2 is 2.27 bits per heavy atom. The lowest BCUT2D eigenvalue weighted by Crippen LogP contribution is -1.94. The largest absolute Gasteiger partial charge is 0.476 e. The molecule has 2 heterocycles. The average molecular weight is 224 g/mol. The molecular weight excluding hydrogens is 219 g/mol. The molecule has 0 aliphatic carbocycles. The maximum absolute atomic E-state index is 12.8. The fraction of sp³-hybridized carbons (Fsp3) is 0. The molecule has 0 aliphatic rings. The van der Waals surface area contributed by atoms with Crippen LogP contribution in [-0.4, -0.2) is 21.0 Å². The first-order chi connectivity index (χ1) is 7.16. The quantitative estimate of drug-likeness (QED) is 0.847. The Morgan fingerprint density at radius 3 is 2.87 bits per heavy atom. The lowest BCUT2D eigenvalue weighted by molar-refractivity contribution is 0.0696. The fourth-order valence-corrected chi connectivity index (χ4v) is 1.72. The molecule has 0 unspecified atom stereocenters. The Balaban J connectivity index is 2.41. The number of aromatic nitrogens is 2. The van der Waals surface area contributed by atoms with Gasteiger partial charge in [-0.15, -0.1) is 11.3 Å². The Kier molecular flexibility index (Phi) is 2.42. The molecule has 0 amide bonds. The van der Waals surface area contributed by atoms with Crippen LogP contribution in [0.4, 0.5) is 4.39 Å². The molecule has 0 aromatic carbocycles. The number of carboxylic acids is 1. The van der Waals surface area contributed by atoms with Crippen molar-refractivity contribution in [2.75, 3.05) is 0 Å². The number of aromatic carboxylic acids is 1. The first-order valence-corrected chi connectivity index (χ1v) is 4.84. The zero-order valence-corrected chi connectivity index (χ0v) is 8.16. The van der Waals surface area contributed by atoms with E-state index in [4.69, 9.17) is 5.11 Å². The van der Waals surface area contributed by atoms with Gasteiger partial charge in [0, 0.05) is 17.1 Å². The minimum Gasteiger partial charge on any atom is -0.476 e. The molecule has 15 heavy (non-hydrogen) atoms. The second-order valence-electron chi connectivity index (χ2n) is 2.73. The summed E-state index contributed by atoms with van der Waals surface area (Å²) in [7, 11) is 0. The maximum Gasteiger partial charge on any atom is 0.365 e. The summed E-state index contributed by atoms with van der Waals surface area (Å²) in [5, 5.41) is 10.2. The molecule has 1 N–H and O–H groups in total. The van der Waals surface area contributed by atoms with Gasteiger partial charge in [-0.05, 0) is 6.07 Å². The van der Waals surface area contributed by atoms with Crippen molar-refractivity contribution in [3.05, 3.63) is 34.7 Å². The molecule has 0 fully saturated rings. The van der Waals surface area contributed by atoms with Crippen LogP contribution in [0.15, 0.2) is 23.8 Å². The van der Waals surface area contributed by atoms with Gasteiger partial charge in [0.15, 0.2) is 0 Å². The number of halogens is 1. The van der Waals surface area contributed by atoms with Crippen molar-refractivity contribution in [3.8, 4) is 11.3 Å². The topological polar surface area (TPSA) is 63.1 Å². The van der Waals surface area contributed by atoms with E-state index in [1.807, 2.05) is 0 Å². The lowest BCUT2D eigenvalue weighted by Gasteiger charge is -1.94. The normalized spacial score (nSPS) is 10.2. The molecule has 0 radical (unpaired) electrons. The van der Waals surface area contributed by atoms with Crippen molar-refractivity contribution in [3.63, 3.8) is 0 Å². The molecule has 4 nitrogen and oxygen atoms in total. The molecule has 0 saturated heterocycles. The van der Waals surface area contributed by atoms with E-state index in [2.05, 4.69) is 9.97 Å². The third-order valence-corrected chi connectivity index (χ3v) is 2.52. The maximum atomic E-state index is 12.8. The number of pyridine rings is 1. The van der Waals surface area contributed by atoms with Crippen LogP contribution in [-0.2, 0) is 0 Å². The second-order valence-corrected chi connectivity index (χ2v) is 3.59. The van der Waals surface area contributed by atoms with Crippen LogP contribution in [0.25, 0.3) is 11.3 Å². The van der Waals surface area contributed by atoms with Crippen LogP contribution in [0.5, 0.6) is 0 Å². The van der Waals surface area contributed by atoms with Crippen LogP contribution in [0.3, 0.4) is 0 Å². The Bertz CT molecular complexity index is 512. The molecule has 0 spiro atoms. The van der Waals surface area contributed by atoms with Crippen molar-refractivity contribution in [2.24, 2.45) is 0 Å². The van der Waals surface area contributed by atoms with E-state index >= 15 is 0 Å². The molecule has 0 atom stereocenters. The van der Waals surface area contributed by atoms with E-state index in [9.17, 15) is 9.18 Å². The van der Waals surface area contributed by atoms with Crippen molar-refractivity contribution < 1.29 is 14.3 Å². The van der Waals surface area contributed by atoms with Crippen LogP contribution in [0, 0.1) is 5.82 Å². The van der Waals surface area contributed by atoms with Gasteiger partial charge >= 0.3 is 5.97 Å². The number of carbonyl (C=O) groups is 1. The summed E-state index contributed by atoms with van der Waals surface area (Å²) in [6.45, 7) is 0. The molecule has 0 bridgehead atoms. The molecule has 2 aromatic rings. The van der Waals surface area contributed by atoms with Crippen LogP contribution in [0.1, 0.15) is 9.80 Å². The van der Waals surface area contributed by atoms with Crippen LogP contribution in [0.2, 0.25) is 0 Å². The first-order valence-electron chi connectivity index (χ1n) is 3.96. The van der Waals surface area contributed by atoms with Gasteiger partial charge in [0.2, 0.25) is 5.01 Å². The summed E-state index contributed by atoms with van der Waals surface area (Å²) < 4.78 is 12.8. The highest BCUT2D eigenvalue weighted by Gasteiger charge is 2.10. The number of nitrogens with zero attached hydrogens (tertiary/aromatic N) is 2. The molecular formula is C9H5FN2O2S. The molecule has 2 rings (SSSR count). The van der Waals surface area contributed by atoms with E-state index in [0.29, 0.717) is 11.3 Å². The predicted octanol–water partition coefficient (Wildman–Crippen LogP) is 2.04. The van der Waals surface area contributed by atoms with E-state index in [1.54, 1.807) is 5.38 Å². The molecule has 76 valence electrons. The highest BCUT2D eigenvalue weighted by atomic mass is 32.1. The minimum atomic E-state index is -1.09. The summed E-state index contributed by atoms with van der Waals surface area (Å²) >= 11 is 0.997. The standard InChI is InChI=1S/C9H5FN2O2S/c10-6-1-5(2-11-3-6)7-4-15-8(12-7)9(13)14/h1-4H,(H,13,14). The highest BCUT2D eigenvalue weighted by Crippen LogP contribution is 2.21. The van der Waals surface area contributed by atoms with E-state index in [-0.39, 0.29) is 5.01 Å². The van der Waals surface area contributed by atoms with E-state index in [1.165, 1.54) is 12.3 Å². The van der Waals surface area contributed by atoms with Gasteiger partial charge in [-0.3, -0.25) is 4.98 Å². The number of thiazole rings is 1. The zero-order chi connectivity index (χ0) is 10.8. The van der Waals surface area contributed by atoms with Gasteiger partial charge in [0.25, 0.3) is 0 Å². The number of hydrogen-bond donors (Lipinski definition) is 1. The Morgan fingerprint density at radius 1 is 1.47 bits per heavy atom. The van der Waals surface area contributed by atoms with Gasteiger partial charge in [0.05, 0.1) is 11.9 Å². The summed E-state index contributed by atoms with van der Waals surface area (Å²) in [6, 6.07) is 1.26. The summed E-state index contributed by atoms with van der Waals surface area (Å²) in [5.74, 6) is -1.56. The second kappa shape index (κ2) is 3.74. The van der Waals surface area contributed by atoms with E-state index in [0.717, 1.165) is 17.5 Å². The zero-order valence-electron chi connectivity index (χ0n) is 7.35. The minimum absolute atomic E-state index is 0.0192. The van der Waals surface area contributed by atoms with E-state index < -0.39 is 11.8 Å². The molecule has 0 aliphatic heterocycles. The van der Waals surface area contributed by atoms with Gasteiger partial charge in [-0.1, -0.05) is 0 Å². The Labute approximate surface area is 88.1 Å². The van der Waals surface area contributed by atoms with Crippen LogP contribution >= 0.6 is 11.3 Å². The van der Waals surface area contributed by atoms with Gasteiger partial charge in [-0.25, -0.2) is 14.2 Å². The smallest absolute Gasteiger partial charge is 0.365 e. The van der Waals surface area contributed by atoms with Crippen molar-refractivity contribution >= 4 is 17.3 Å². The lowest BCUT2D eigenvalue weighted by atomic mass is 10.2. The van der Waals surface area contributed by atoms with Gasteiger partial charge in [-0.2, -0.15) is 0 Å². The number of carboxylic acid groups (broad SMARTS) is 1. The highest BCUT2D eigenvalue weighted by molar-refractivity contribution is 7.11. The van der Waals surface area contributed by atoms with Crippen molar-refractivity contribution in [2.45, 2.75) is 0 Å². The summed E-state index contributed by atoms with van der Waals surface area (Å²) in [6.07, 6.45) is 2.51. The predicted molar refractivity (Wildman–Crippen MR) is 52.3 cm³/mol. The van der Waals surface area contributed by atoms with Crippen molar-refractivity contribution in [1.82, 2.24) is 9.97 Å².